The van der Waals surface area contributed by atoms with Gasteiger partial charge < -0.3 is 10.5 Å². The first-order chi connectivity index (χ1) is 9.73. The van der Waals surface area contributed by atoms with Crippen molar-refractivity contribution in [1.82, 2.24) is 4.31 Å². The highest BCUT2D eigenvalue weighted by Crippen LogP contribution is 2.28. The van der Waals surface area contributed by atoms with Crippen molar-refractivity contribution in [3.8, 4) is 0 Å². The van der Waals surface area contributed by atoms with Gasteiger partial charge in [0.15, 0.2) is 0 Å². The molecule has 1 aromatic carbocycles. The number of hydrogen-bond donors (Lipinski definition) is 1. The van der Waals surface area contributed by atoms with Crippen LogP contribution in [-0.2, 0) is 19.6 Å². The normalized spacial score (nSPS) is 11.7. The van der Waals surface area contributed by atoms with E-state index in [4.69, 9.17) is 17.3 Å². The second-order valence-corrected chi connectivity index (χ2v) is 6.87. The topological polar surface area (TPSA) is 89.7 Å². The molecule has 0 aliphatic heterocycles. The molecule has 2 N–H and O–H groups in total. The van der Waals surface area contributed by atoms with Crippen LogP contribution in [0.15, 0.2) is 17.0 Å². The third-order valence-corrected chi connectivity index (χ3v) is 5.23. The number of methoxy groups -OCH3 is 1. The Hall–Kier alpha value is -1.31. The van der Waals surface area contributed by atoms with Crippen LogP contribution >= 0.6 is 11.6 Å². The molecule has 1 rings (SSSR count). The van der Waals surface area contributed by atoms with Crippen LogP contribution in [0, 0.1) is 6.92 Å². The van der Waals surface area contributed by atoms with Crippen LogP contribution in [0.1, 0.15) is 18.9 Å². The molecule has 21 heavy (non-hydrogen) atoms. The highest BCUT2D eigenvalue weighted by Gasteiger charge is 2.28. The Labute approximate surface area is 129 Å². The van der Waals surface area contributed by atoms with E-state index in [2.05, 4.69) is 4.74 Å². The van der Waals surface area contributed by atoms with Crippen molar-refractivity contribution < 1.29 is 17.9 Å². The van der Waals surface area contributed by atoms with E-state index in [1.54, 1.807) is 6.92 Å². The van der Waals surface area contributed by atoms with Crippen LogP contribution in [-0.4, -0.2) is 38.9 Å². The minimum Gasteiger partial charge on any atom is -0.468 e. The molecule has 6 nitrogen and oxygen atoms in total. The highest BCUT2D eigenvalue weighted by atomic mass is 35.5. The van der Waals surface area contributed by atoms with E-state index in [1.807, 2.05) is 6.92 Å². The Balaban J connectivity index is 3.28. The van der Waals surface area contributed by atoms with E-state index in [9.17, 15) is 13.2 Å². The maximum Gasteiger partial charge on any atom is 0.321 e. The van der Waals surface area contributed by atoms with E-state index >= 15 is 0 Å². The van der Waals surface area contributed by atoms with Crippen molar-refractivity contribution in [1.29, 1.82) is 0 Å². The molecule has 0 bridgehead atoms. The van der Waals surface area contributed by atoms with Gasteiger partial charge in [-0.2, -0.15) is 4.31 Å². The van der Waals surface area contributed by atoms with Crippen LogP contribution < -0.4 is 5.73 Å². The van der Waals surface area contributed by atoms with E-state index in [1.165, 1.54) is 19.2 Å². The molecule has 0 saturated heterocycles. The lowest BCUT2D eigenvalue weighted by molar-refractivity contribution is -0.140. The molecular weight excluding hydrogens is 316 g/mol. The van der Waals surface area contributed by atoms with Gasteiger partial charge in [0, 0.05) is 6.54 Å². The zero-order valence-corrected chi connectivity index (χ0v) is 13.8. The smallest absolute Gasteiger partial charge is 0.321 e. The fourth-order valence-electron chi connectivity index (χ4n) is 1.83. The summed E-state index contributed by atoms with van der Waals surface area (Å²) in [5.41, 5.74) is 6.33. The van der Waals surface area contributed by atoms with Gasteiger partial charge in [0.05, 0.1) is 22.7 Å². The van der Waals surface area contributed by atoms with E-state index in [0.29, 0.717) is 17.0 Å². The molecule has 0 unspecified atom stereocenters. The molecule has 0 amide bonds. The van der Waals surface area contributed by atoms with Gasteiger partial charge in [0.25, 0.3) is 0 Å². The summed E-state index contributed by atoms with van der Waals surface area (Å²) in [5.74, 6) is -0.619. The van der Waals surface area contributed by atoms with Crippen LogP contribution in [0.2, 0.25) is 5.02 Å². The van der Waals surface area contributed by atoms with Gasteiger partial charge in [0.2, 0.25) is 10.0 Å². The van der Waals surface area contributed by atoms with Crippen LogP contribution in [0.4, 0.5) is 5.69 Å². The number of aryl methyl sites for hydroxylation is 1. The lowest BCUT2D eigenvalue weighted by Crippen LogP contribution is -2.37. The number of rotatable bonds is 6. The average molecular weight is 335 g/mol. The van der Waals surface area contributed by atoms with Crippen molar-refractivity contribution in [2.45, 2.75) is 25.2 Å². The molecule has 0 aromatic heterocycles. The lowest BCUT2D eigenvalue weighted by Gasteiger charge is -2.21. The molecule has 0 radical (unpaired) electrons. The molecular formula is C13H19ClN2O4S. The Morgan fingerprint density at radius 1 is 1.43 bits per heavy atom. The van der Waals surface area contributed by atoms with Gasteiger partial charge in [-0.3, -0.25) is 4.79 Å². The zero-order chi connectivity index (χ0) is 16.2. The Kier molecular flexibility index (Phi) is 6.00. The lowest BCUT2D eigenvalue weighted by atomic mass is 10.2. The summed E-state index contributed by atoms with van der Waals surface area (Å²) in [4.78, 5) is 11.5. The maximum absolute atomic E-state index is 12.7. The van der Waals surface area contributed by atoms with Gasteiger partial charge in [-0.1, -0.05) is 18.5 Å². The van der Waals surface area contributed by atoms with E-state index in [-0.39, 0.29) is 23.7 Å². The molecule has 0 fully saturated rings. The summed E-state index contributed by atoms with van der Waals surface area (Å²) in [5, 5.41) is 0.293. The van der Waals surface area contributed by atoms with E-state index in [0.717, 1.165) is 4.31 Å². The largest absolute Gasteiger partial charge is 0.468 e. The zero-order valence-electron chi connectivity index (χ0n) is 12.2. The summed E-state index contributed by atoms with van der Waals surface area (Å²) in [6.07, 6.45) is 0.568. The maximum atomic E-state index is 12.7. The number of hydrogen-bond acceptors (Lipinski definition) is 5. The second-order valence-electron chi connectivity index (χ2n) is 4.55. The molecule has 8 heteroatoms. The molecule has 1 aromatic rings. The Bertz CT molecular complexity index is 631. The fourth-order valence-corrected chi connectivity index (χ4v) is 3.76. The average Bonchev–Trinajstić information content (AvgIpc) is 2.41. The van der Waals surface area contributed by atoms with Crippen LogP contribution in [0.25, 0.3) is 0 Å². The fraction of sp³-hybridized carbons (Fsp3) is 0.462. The summed E-state index contributed by atoms with van der Waals surface area (Å²) in [7, 11) is -2.63. The molecule has 0 saturated carbocycles. The second kappa shape index (κ2) is 7.11. The monoisotopic (exact) mass is 334 g/mol. The van der Waals surface area contributed by atoms with Crippen LogP contribution in [0.5, 0.6) is 0 Å². The molecule has 0 atom stereocenters. The molecule has 0 heterocycles. The van der Waals surface area contributed by atoms with Crippen molar-refractivity contribution >= 4 is 33.3 Å². The number of nitrogens with two attached hydrogens (primary N) is 1. The molecule has 118 valence electrons. The predicted octanol–water partition coefficient (Wildman–Crippen LogP) is 1.80. The Morgan fingerprint density at radius 3 is 2.57 bits per heavy atom. The number of benzene rings is 1. The SMILES string of the molecule is CCCN(CC(=O)OC)S(=O)(=O)c1cc(N)c(Cl)cc1C. The summed E-state index contributed by atoms with van der Waals surface area (Å²) in [6.45, 7) is 3.32. The third-order valence-electron chi connectivity index (χ3n) is 2.92. The summed E-state index contributed by atoms with van der Waals surface area (Å²) >= 11 is 5.88. The first-order valence-electron chi connectivity index (χ1n) is 6.36. The van der Waals surface area contributed by atoms with Gasteiger partial charge in [0.1, 0.15) is 6.54 Å². The van der Waals surface area contributed by atoms with Crippen molar-refractivity contribution in [3.05, 3.63) is 22.7 Å². The Morgan fingerprint density at radius 2 is 2.05 bits per heavy atom. The number of sulfonamides is 1. The number of anilines is 1. The number of carbonyl (C=O) groups is 1. The van der Waals surface area contributed by atoms with Gasteiger partial charge >= 0.3 is 5.97 Å². The van der Waals surface area contributed by atoms with Gasteiger partial charge in [-0.25, -0.2) is 8.42 Å². The minimum atomic E-state index is -3.84. The molecule has 0 spiro atoms. The van der Waals surface area contributed by atoms with Crippen LogP contribution in [0.3, 0.4) is 0 Å². The minimum absolute atomic E-state index is 0.0433. The number of carbonyl (C=O) groups excluding carboxylic acids is 1. The summed E-state index contributed by atoms with van der Waals surface area (Å²) in [6, 6.07) is 2.80. The standard InChI is InChI=1S/C13H19ClN2O4S/c1-4-5-16(8-13(17)20-3)21(18,19)12-7-11(15)10(14)6-9(12)2/h6-7H,4-5,8,15H2,1-3H3. The molecule has 0 aliphatic carbocycles. The van der Waals surface area contributed by atoms with Gasteiger partial charge in [-0.05, 0) is 31.0 Å². The first-order valence-corrected chi connectivity index (χ1v) is 8.18. The third kappa shape index (κ3) is 4.09. The number of esters is 1. The number of nitrogens with zero attached hydrogens (tertiary/aromatic N) is 1. The van der Waals surface area contributed by atoms with Crippen molar-refractivity contribution in [2.24, 2.45) is 0 Å². The van der Waals surface area contributed by atoms with Crippen molar-refractivity contribution in [2.75, 3.05) is 25.9 Å². The number of nitrogen functional groups attached to an aromatic ring is 1. The number of ether oxygens (including phenoxy) is 1. The summed E-state index contributed by atoms with van der Waals surface area (Å²) < 4.78 is 31.0. The van der Waals surface area contributed by atoms with Crippen molar-refractivity contribution in [3.63, 3.8) is 0 Å². The first kappa shape index (κ1) is 17.7. The van der Waals surface area contributed by atoms with Gasteiger partial charge in [-0.15, -0.1) is 0 Å². The highest BCUT2D eigenvalue weighted by molar-refractivity contribution is 7.89. The number of halogens is 1. The van der Waals surface area contributed by atoms with E-state index < -0.39 is 16.0 Å². The quantitative estimate of drug-likeness (QED) is 0.633. The predicted molar refractivity (Wildman–Crippen MR) is 81.7 cm³/mol. The molecule has 0 aliphatic rings.